The van der Waals surface area contributed by atoms with Gasteiger partial charge in [0.25, 0.3) is 0 Å². The van der Waals surface area contributed by atoms with Crippen LogP contribution in [0.2, 0.25) is 0 Å². The zero-order valence-corrected chi connectivity index (χ0v) is 11.2. The van der Waals surface area contributed by atoms with Gasteiger partial charge in [-0.1, -0.05) is 6.42 Å². The Labute approximate surface area is 110 Å². The molecule has 1 saturated carbocycles. The molecule has 4 nitrogen and oxygen atoms in total. The number of nitrogens with one attached hydrogen (secondary N) is 2. The molecule has 4 heteroatoms. The van der Waals surface area contributed by atoms with Gasteiger partial charge in [0.15, 0.2) is 0 Å². The number of aliphatic hydroxyl groups excluding tert-OH is 1. The van der Waals surface area contributed by atoms with E-state index in [1.807, 2.05) is 0 Å². The molecule has 1 amide bonds. The Hall–Kier alpha value is -0.610. The van der Waals surface area contributed by atoms with Crippen molar-refractivity contribution in [2.24, 2.45) is 0 Å². The molecule has 0 aromatic heterocycles. The highest BCUT2D eigenvalue weighted by atomic mass is 16.3. The van der Waals surface area contributed by atoms with Gasteiger partial charge in [0.05, 0.1) is 6.10 Å². The standard InChI is InChI=1S/C14H26N2O2/c17-13-7-4-12(5-8-13)16-14(18)9-6-11-3-1-2-10-15-11/h11-13,15,17H,1-10H2,(H,16,18). The van der Waals surface area contributed by atoms with Crippen LogP contribution >= 0.6 is 0 Å². The first kappa shape index (κ1) is 13.8. The maximum absolute atomic E-state index is 11.8. The molecule has 1 atom stereocenters. The van der Waals surface area contributed by atoms with E-state index in [9.17, 15) is 9.90 Å². The van der Waals surface area contributed by atoms with Crippen molar-refractivity contribution >= 4 is 5.91 Å². The molecule has 1 aliphatic carbocycles. The first-order chi connectivity index (χ1) is 8.74. The van der Waals surface area contributed by atoms with Gasteiger partial charge < -0.3 is 15.7 Å². The van der Waals surface area contributed by atoms with Gasteiger partial charge in [0.1, 0.15) is 0 Å². The van der Waals surface area contributed by atoms with Gasteiger partial charge in [-0.3, -0.25) is 4.79 Å². The molecule has 3 N–H and O–H groups in total. The van der Waals surface area contributed by atoms with E-state index in [1.165, 1.54) is 19.3 Å². The fraction of sp³-hybridized carbons (Fsp3) is 0.929. The van der Waals surface area contributed by atoms with Crippen molar-refractivity contribution in [3.8, 4) is 0 Å². The van der Waals surface area contributed by atoms with E-state index in [0.29, 0.717) is 18.5 Å². The van der Waals surface area contributed by atoms with E-state index < -0.39 is 0 Å². The molecule has 2 rings (SSSR count). The Morgan fingerprint density at radius 2 is 1.94 bits per heavy atom. The second-order valence-corrected chi connectivity index (χ2v) is 5.76. The number of carbonyl (C=O) groups excluding carboxylic acids is 1. The van der Waals surface area contributed by atoms with Crippen molar-refractivity contribution < 1.29 is 9.90 Å². The molecular weight excluding hydrogens is 228 g/mol. The minimum atomic E-state index is -0.149. The van der Waals surface area contributed by atoms with Crippen LogP contribution in [0.5, 0.6) is 0 Å². The summed E-state index contributed by atoms with van der Waals surface area (Å²) in [5, 5.41) is 16.0. The lowest BCUT2D eigenvalue weighted by atomic mass is 9.93. The molecule has 104 valence electrons. The summed E-state index contributed by atoms with van der Waals surface area (Å²) in [6.07, 6.45) is 8.73. The molecule has 0 aromatic rings. The lowest BCUT2D eigenvalue weighted by molar-refractivity contribution is -0.122. The van der Waals surface area contributed by atoms with Crippen LogP contribution in [-0.2, 0) is 4.79 Å². The second kappa shape index (κ2) is 7.10. The van der Waals surface area contributed by atoms with Gasteiger partial charge in [-0.05, 0) is 51.5 Å². The Balaban J connectivity index is 1.59. The highest BCUT2D eigenvalue weighted by Crippen LogP contribution is 2.18. The maximum Gasteiger partial charge on any atom is 0.220 e. The third kappa shape index (κ3) is 4.58. The minimum Gasteiger partial charge on any atom is -0.393 e. The number of piperidine rings is 1. The Bertz CT molecular complexity index is 257. The molecule has 0 radical (unpaired) electrons. The molecule has 1 saturated heterocycles. The molecule has 2 aliphatic rings. The van der Waals surface area contributed by atoms with E-state index in [0.717, 1.165) is 38.6 Å². The fourth-order valence-corrected chi connectivity index (χ4v) is 3.00. The van der Waals surface area contributed by atoms with Crippen molar-refractivity contribution in [1.29, 1.82) is 0 Å². The summed E-state index contributed by atoms with van der Waals surface area (Å²) >= 11 is 0. The van der Waals surface area contributed by atoms with Gasteiger partial charge in [-0.2, -0.15) is 0 Å². The van der Waals surface area contributed by atoms with Crippen LogP contribution in [0.4, 0.5) is 0 Å². The van der Waals surface area contributed by atoms with Gasteiger partial charge >= 0.3 is 0 Å². The Morgan fingerprint density at radius 1 is 1.17 bits per heavy atom. The van der Waals surface area contributed by atoms with Crippen molar-refractivity contribution in [2.45, 2.75) is 76.0 Å². The zero-order valence-electron chi connectivity index (χ0n) is 11.2. The zero-order chi connectivity index (χ0) is 12.8. The van der Waals surface area contributed by atoms with E-state index >= 15 is 0 Å². The fourth-order valence-electron chi connectivity index (χ4n) is 3.00. The summed E-state index contributed by atoms with van der Waals surface area (Å²) in [6.45, 7) is 1.10. The molecular formula is C14H26N2O2. The van der Waals surface area contributed by atoms with Crippen LogP contribution in [0, 0.1) is 0 Å². The topological polar surface area (TPSA) is 61.4 Å². The Kier molecular flexibility index (Phi) is 5.45. The van der Waals surface area contributed by atoms with Crippen molar-refractivity contribution in [3.05, 3.63) is 0 Å². The van der Waals surface area contributed by atoms with Crippen molar-refractivity contribution in [2.75, 3.05) is 6.54 Å². The molecule has 1 aliphatic heterocycles. The summed E-state index contributed by atoms with van der Waals surface area (Å²) in [5.74, 6) is 0.184. The second-order valence-electron chi connectivity index (χ2n) is 5.76. The summed E-state index contributed by atoms with van der Waals surface area (Å²) in [7, 11) is 0. The van der Waals surface area contributed by atoms with E-state index in [1.54, 1.807) is 0 Å². The van der Waals surface area contributed by atoms with Gasteiger partial charge in [-0.25, -0.2) is 0 Å². The number of carbonyl (C=O) groups is 1. The van der Waals surface area contributed by atoms with Crippen molar-refractivity contribution in [3.63, 3.8) is 0 Å². The predicted octanol–water partition coefficient (Wildman–Crippen LogP) is 1.33. The molecule has 2 fully saturated rings. The quantitative estimate of drug-likeness (QED) is 0.709. The van der Waals surface area contributed by atoms with Crippen LogP contribution < -0.4 is 10.6 Å². The summed E-state index contributed by atoms with van der Waals surface area (Å²) in [4.78, 5) is 11.8. The summed E-state index contributed by atoms with van der Waals surface area (Å²) in [5.41, 5.74) is 0. The van der Waals surface area contributed by atoms with Gasteiger partial charge in [-0.15, -0.1) is 0 Å². The molecule has 0 spiro atoms. The first-order valence-corrected chi connectivity index (χ1v) is 7.45. The van der Waals surface area contributed by atoms with Crippen LogP contribution in [0.25, 0.3) is 0 Å². The van der Waals surface area contributed by atoms with Crippen LogP contribution in [-0.4, -0.2) is 35.7 Å². The molecule has 0 bridgehead atoms. The largest absolute Gasteiger partial charge is 0.393 e. The van der Waals surface area contributed by atoms with Crippen LogP contribution in [0.3, 0.4) is 0 Å². The van der Waals surface area contributed by atoms with E-state index in [4.69, 9.17) is 0 Å². The lowest BCUT2D eigenvalue weighted by Crippen LogP contribution is -2.40. The molecule has 1 heterocycles. The number of rotatable bonds is 4. The molecule has 0 aromatic carbocycles. The van der Waals surface area contributed by atoms with E-state index in [-0.39, 0.29) is 12.0 Å². The third-order valence-corrected chi connectivity index (χ3v) is 4.19. The average molecular weight is 254 g/mol. The number of hydrogen-bond donors (Lipinski definition) is 3. The smallest absolute Gasteiger partial charge is 0.220 e. The normalized spacial score (nSPS) is 33.1. The highest BCUT2D eigenvalue weighted by molar-refractivity contribution is 5.76. The third-order valence-electron chi connectivity index (χ3n) is 4.19. The summed E-state index contributed by atoms with van der Waals surface area (Å²) < 4.78 is 0. The summed E-state index contributed by atoms with van der Waals surface area (Å²) in [6, 6.07) is 0.831. The predicted molar refractivity (Wildman–Crippen MR) is 71.3 cm³/mol. The van der Waals surface area contributed by atoms with Crippen LogP contribution in [0.15, 0.2) is 0 Å². The monoisotopic (exact) mass is 254 g/mol. The Morgan fingerprint density at radius 3 is 2.61 bits per heavy atom. The molecule has 18 heavy (non-hydrogen) atoms. The number of amides is 1. The number of aliphatic hydroxyl groups is 1. The highest BCUT2D eigenvalue weighted by Gasteiger charge is 2.21. The minimum absolute atomic E-state index is 0.149. The maximum atomic E-state index is 11.8. The van der Waals surface area contributed by atoms with Crippen LogP contribution in [0.1, 0.15) is 57.8 Å². The van der Waals surface area contributed by atoms with Gasteiger partial charge in [0.2, 0.25) is 5.91 Å². The molecule has 1 unspecified atom stereocenters. The number of hydrogen-bond acceptors (Lipinski definition) is 3. The van der Waals surface area contributed by atoms with Crippen molar-refractivity contribution in [1.82, 2.24) is 10.6 Å². The first-order valence-electron chi connectivity index (χ1n) is 7.45. The average Bonchev–Trinajstić information content (AvgIpc) is 2.40. The van der Waals surface area contributed by atoms with E-state index in [2.05, 4.69) is 10.6 Å². The van der Waals surface area contributed by atoms with Gasteiger partial charge in [0, 0.05) is 18.5 Å². The lowest BCUT2D eigenvalue weighted by Gasteiger charge is -2.27. The SMILES string of the molecule is O=C(CCC1CCCCN1)NC1CCC(O)CC1.